The van der Waals surface area contributed by atoms with Crippen LogP contribution < -0.4 is 10.1 Å². The molecular formula is C23H30FN3O2. The van der Waals surface area contributed by atoms with Gasteiger partial charge in [-0.3, -0.25) is 14.6 Å². The first-order valence-electron chi connectivity index (χ1n) is 10.1. The third-order valence-electron chi connectivity index (χ3n) is 5.43. The second-order valence-electron chi connectivity index (χ2n) is 7.64. The number of methoxy groups -OCH3 is 1. The number of piperazine rings is 1. The van der Waals surface area contributed by atoms with Gasteiger partial charge >= 0.3 is 0 Å². The summed E-state index contributed by atoms with van der Waals surface area (Å²) in [5.74, 6) is 0.302. The van der Waals surface area contributed by atoms with Crippen LogP contribution in [0.25, 0.3) is 0 Å². The number of halogens is 1. The van der Waals surface area contributed by atoms with Crippen molar-refractivity contribution >= 4 is 5.91 Å². The first-order chi connectivity index (χ1) is 14.0. The molecular weight excluding hydrogens is 369 g/mol. The van der Waals surface area contributed by atoms with Crippen molar-refractivity contribution in [2.24, 2.45) is 0 Å². The summed E-state index contributed by atoms with van der Waals surface area (Å²) in [5.41, 5.74) is 2.17. The Kier molecular flexibility index (Phi) is 7.61. The molecule has 1 fully saturated rings. The van der Waals surface area contributed by atoms with Gasteiger partial charge in [0, 0.05) is 39.3 Å². The minimum atomic E-state index is -0.329. The van der Waals surface area contributed by atoms with Crippen LogP contribution in [0.1, 0.15) is 24.0 Å². The van der Waals surface area contributed by atoms with Gasteiger partial charge in [-0.25, -0.2) is 4.39 Å². The van der Waals surface area contributed by atoms with Gasteiger partial charge in [-0.2, -0.15) is 0 Å². The van der Waals surface area contributed by atoms with Crippen LogP contribution in [0.2, 0.25) is 0 Å². The lowest BCUT2D eigenvalue weighted by Gasteiger charge is -2.34. The highest BCUT2D eigenvalue weighted by atomic mass is 19.1. The van der Waals surface area contributed by atoms with E-state index in [-0.39, 0.29) is 17.5 Å². The number of hydrogen-bond acceptors (Lipinski definition) is 4. The average Bonchev–Trinajstić information content (AvgIpc) is 2.74. The molecule has 29 heavy (non-hydrogen) atoms. The molecule has 0 spiro atoms. The molecule has 6 heteroatoms. The Balaban J connectivity index is 1.38. The standard InChI is InChI=1S/C23H30FN3O2/c1-18(20-6-4-3-5-7-20)15-25-23(28)17-27-12-10-26(11-13-27)16-19-8-9-22(29-2)21(24)14-19/h3-9,14,18H,10-13,15-17H2,1-2H3,(H,25,28). The lowest BCUT2D eigenvalue weighted by Crippen LogP contribution is -2.49. The normalized spacial score (nSPS) is 16.4. The van der Waals surface area contributed by atoms with Gasteiger partial charge in [0.15, 0.2) is 11.6 Å². The SMILES string of the molecule is COc1ccc(CN2CCN(CC(=O)NCC(C)c3ccccc3)CC2)cc1F. The van der Waals surface area contributed by atoms with Crippen LogP contribution in [0.15, 0.2) is 48.5 Å². The van der Waals surface area contributed by atoms with Crippen LogP contribution >= 0.6 is 0 Å². The summed E-state index contributed by atoms with van der Waals surface area (Å²) >= 11 is 0. The van der Waals surface area contributed by atoms with E-state index in [2.05, 4.69) is 34.2 Å². The predicted octanol–water partition coefficient (Wildman–Crippen LogP) is 2.87. The Bertz CT molecular complexity index is 792. The minimum absolute atomic E-state index is 0.0680. The van der Waals surface area contributed by atoms with Gasteiger partial charge in [0.25, 0.3) is 0 Å². The van der Waals surface area contributed by atoms with E-state index in [4.69, 9.17) is 4.74 Å². The summed E-state index contributed by atoms with van der Waals surface area (Å²) in [6, 6.07) is 15.3. The number of rotatable bonds is 8. The highest BCUT2D eigenvalue weighted by molar-refractivity contribution is 5.78. The summed E-state index contributed by atoms with van der Waals surface area (Å²) in [7, 11) is 1.47. The van der Waals surface area contributed by atoms with Gasteiger partial charge in [-0.15, -0.1) is 0 Å². The first kappa shape index (κ1) is 21.3. The molecule has 0 radical (unpaired) electrons. The summed E-state index contributed by atoms with van der Waals surface area (Å²) in [4.78, 5) is 16.8. The number of nitrogens with zero attached hydrogens (tertiary/aromatic N) is 2. The molecule has 156 valence electrons. The topological polar surface area (TPSA) is 44.8 Å². The molecule has 0 saturated carbocycles. The number of nitrogens with one attached hydrogen (secondary N) is 1. The summed E-state index contributed by atoms with van der Waals surface area (Å²) in [6.45, 7) is 7.29. The number of hydrogen-bond donors (Lipinski definition) is 1. The van der Waals surface area contributed by atoms with Crippen LogP contribution in [0, 0.1) is 5.82 Å². The second kappa shape index (κ2) is 10.4. The molecule has 1 saturated heterocycles. The Morgan fingerprint density at radius 3 is 2.45 bits per heavy atom. The van der Waals surface area contributed by atoms with Gasteiger partial charge in [0.1, 0.15) is 0 Å². The van der Waals surface area contributed by atoms with Crippen LogP contribution in [0.4, 0.5) is 4.39 Å². The molecule has 2 aromatic rings. The minimum Gasteiger partial charge on any atom is -0.494 e. The molecule has 1 atom stereocenters. The third kappa shape index (κ3) is 6.27. The smallest absolute Gasteiger partial charge is 0.234 e. The molecule has 1 aliphatic rings. The zero-order chi connectivity index (χ0) is 20.6. The average molecular weight is 400 g/mol. The monoisotopic (exact) mass is 399 g/mol. The highest BCUT2D eigenvalue weighted by Gasteiger charge is 2.19. The fourth-order valence-electron chi connectivity index (χ4n) is 3.60. The van der Waals surface area contributed by atoms with E-state index >= 15 is 0 Å². The fourth-order valence-corrected chi connectivity index (χ4v) is 3.60. The van der Waals surface area contributed by atoms with E-state index in [9.17, 15) is 9.18 Å². The lowest BCUT2D eigenvalue weighted by atomic mass is 10.0. The maximum absolute atomic E-state index is 13.9. The van der Waals surface area contributed by atoms with Crippen molar-refractivity contribution in [2.75, 3.05) is 46.4 Å². The van der Waals surface area contributed by atoms with E-state index in [1.54, 1.807) is 6.07 Å². The van der Waals surface area contributed by atoms with Crippen LogP contribution in [0.5, 0.6) is 5.75 Å². The van der Waals surface area contributed by atoms with E-state index in [1.807, 2.05) is 24.3 Å². The van der Waals surface area contributed by atoms with Gasteiger partial charge < -0.3 is 10.1 Å². The van der Waals surface area contributed by atoms with Crippen molar-refractivity contribution in [3.05, 3.63) is 65.5 Å². The van der Waals surface area contributed by atoms with Gasteiger partial charge in [0.2, 0.25) is 5.91 Å². The molecule has 1 N–H and O–H groups in total. The van der Waals surface area contributed by atoms with Crippen molar-refractivity contribution in [1.29, 1.82) is 0 Å². The molecule has 3 rings (SSSR count). The zero-order valence-corrected chi connectivity index (χ0v) is 17.2. The Morgan fingerprint density at radius 2 is 1.79 bits per heavy atom. The maximum Gasteiger partial charge on any atom is 0.234 e. The Morgan fingerprint density at radius 1 is 1.10 bits per heavy atom. The van der Waals surface area contributed by atoms with Gasteiger partial charge in [0.05, 0.1) is 13.7 Å². The van der Waals surface area contributed by atoms with Crippen molar-refractivity contribution in [3.63, 3.8) is 0 Å². The van der Waals surface area contributed by atoms with Crippen molar-refractivity contribution in [2.45, 2.75) is 19.4 Å². The first-order valence-corrected chi connectivity index (χ1v) is 10.1. The van der Waals surface area contributed by atoms with E-state index < -0.39 is 0 Å². The maximum atomic E-state index is 13.9. The summed E-state index contributed by atoms with van der Waals surface area (Å²) in [6.07, 6.45) is 0. The predicted molar refractivity (Wildman–Crippen MR) is 113 cm³/mol. The fraction of sp³-hybridized carbons (Fsp3) is 0.435. The van der Waals surface area contributed by atoms with E-state index in [0.29, 0.717) is 25.6 Å². The molecule has 0 aromatic heterocycles. The molecule has 1 unspecified atom stereocenters. The second-order valence-corrected chi connectivity index (χ2v) is 7.64. The molecule has 0 aliphatic carbocycles. The number of benzene rings is 2. The largest absolute Gasteiger partial charge is 0.494 e. The third-order valence-corrected chi connectivity index (χ3v) is 5.43. The van der Waals surface area contributed by atoms with Crippen molar-refractivity contribution < 1.29 is 13.9 Å². The zero-order valence-electron chi connectivity index (χ0n) is 17.2. The van der Waals surface area contributed by atoms with Crippen LogP contribution in [-0.4, -0.2) is 62.1 Å². The van der Waals surface area contributed by atoms with E-state index in [1.165, 1.54) is 18.7 Å². The summed E-state index contributed by atoms with van der Waals surface area (Å²) in [5, 5.41) is 3.05. The van der Waals surface area contributed by atoms with Crippen LogP contribution in [0.3, 0.4) is 0 Å². The molecule has 0 bridgehead atoms. The molecule has 2 aromatic carbocycles. The molecule has 5 nitrogen and oxygen atoms in total. The van der Waals surface area contributed by atoms with E-state index in [0.717, 1.165) is 31.7 Å². The van der Waals surface area contributed by atoms with Crippen molar-refractivity contribution in [1.82, 2.24) is 15.1 Å². The van der Waals surface area contributed by atoms with Crippen LogP contribution in [-0.2, 0) is 11.3 Å². The lowest BCUT2D eigenvalue weighted by molar-refractivity contribution is -0.122. The van der Waals surface area contributed by atoms with Gasteiger partial charge in [-0.05, 0) is 29.2 Å². The Labute approximate surface area is 172 Å². The molecule has 1 amide bonds. The number of carbonyl (C=O) groups excluding carboxylic acids is 1. The quantitative estimate of drug-likeness (QED) is 0.741. The number of ether oxygens (including phenoxy) is 1. The Hall–Kier alpha value is -2.44. The highest BCUT2D eigenvalue weighted by Crippen LogP contribution is 2.19. The van der Waals surface area contributed by atoms with Crippen molar-refractivity contribution in [3.8, 4) is 5.75 Å². The molecule has 1 aliphatic heterocycles. The van der Waals surface area contributed by atoms with Gasteiger partial charge in [-0.1, -0.05) is 43.3 Å². The summed E-state index contributed by atoms with van der Waals surface area (Å²) < 4.78 is 18.8. The number of amides is 1. The molecule has 1 heterocycles. The number of carbonyl (C=O) groups is 1.